The average molecular weight is 339 g/mol. The molecule has 0 aliphatic carbocycles. The molecular weight excluding hydrogens is 308 g/mol. The van der Waals surface area contributed by atoms with Gasteiger partial charge in [0.2, 0.25) is 11.0 Å². The highest BCUT2D eigenvalue weighted by molar-refractivity contribution is 7.15. The number of hydrogen-bond donors (Lipinski definition) is 0. The summed E-state index contributed by atoms with van der Waals surface area (Å²) in [4.78, 5) is 16.7. The van der Waals surface area contributed by atoms with Crippen molar-refractivity contribution in [1.82, 2.24) is 15.1 Å². The fourth-order valence-electron chi connectivity index (χ4n) is 2.79. The topological polar surface area (TPSA) is 49.3 Å². The van der Waals surface area contributed by atoms with Crippen molar-refractivity contribution < 1.29 is 4.79 Å². The van der Waals surface area contributed by atoms with Gasteiger partial charge in [-0.25, -0.2) is 0 Å². The van der Waals surface area contributed by atoms with Gasteiger partial charge in [-0.15, -0.1) is 10.2 Å². The normalized spacial score (nSPS) is 17.4. The van der Waals surface area contributed by atoms with E-state index >= 15 is 0 Å². The van der Waals surface area contributed by atoms with Crippen molar-refractivity contribution in [3.8, 4) is 0 Å². The summed E-state index contributed by atoms with van der Waals surface area (Å²) in [6, 6.07) is 0.327. The Morgan fingerprint density at radius 2 is 1.70 bits per heavy atom. The van der Waals surface area contributed by atoms with E-state index in [2.05, 4.69) is 35.9 Å². The van der Waals surface area contributed by atoms with Crippen molar-refractivity contribution in [2.45, 2.75) is 65.8 Å². The maximum Gasteiger partial charge on any atom is 0.227 e. The molecule has 0 radical (unpaired) electrons. The first kappa shape index (κ1) is 18.2. The number of amides is 1. The molecule has 0 aromatic carbocycles. The summed E-state index contributed by atoms with van der Waals surface area (Å²) in [6.07, 6.45) is 1.98. The van der Waals surface area contributed by atoms with E-state index in [1.807, 2.05) is 32.7 Å². The highest BCUT2D eigenvalue weighted by atomic mass is 32.1. The lowest BCUT2D eigenvalue weighted by Gasteiger charge is -2.38. The Morgan fingerprint density at radius 3 is 2.13 bits per heavy atom. The van der Waals surface area contributed by atoms with E-state index in [0.29, 0.717) is 6.04 Å². The quantitative estimate of drug-likeness (QED) is 0.830. The maximum atomic E-state index is 12.4. The first-order valence-electron chi connectivity index (χ1n) is 8.36. The van der Waals surface area contributed by atoms with E-state index in [0.717, 1.165) is 36.1 Å². The summed E-state index contributed by atoms with van der Waals surface area (Å²) in [7, 11) is 1.94. The zero-order valence-electron chi connectivity index (χ0n) is 15.5. The molecule has 0 spiro atoms. The minimum Gasteiger partial charge on any atom is -0.347 e. The fourth-order valence-corrected chi connectivity index (χ4v) is 3.74. The van der Waals surface area contributed by atoms with Crippen molar-refractivity contribution in [2.24, 2.45) is 5.41 Å². The predicted octanol–water partition coefficient (Wildman–Crippen LogP) is 3.31. The van der Waals surface area contributed by atoms with E-state index in [9.17, 15) is 4.79 Å². The molecule has 5 nitrogen and oxygen atoms in total. The Kier molecular flexibility index (Phi) is 5.04. The monoisotopic (exact) mass is 338 g/mol. The predicted molar refractivity (Wildman–Crippen MR) is 96.1 cm³/mol. The van der Waals surface area contributed by atoms with E-state index in [1.54, 1.807) is 11.3 Å². The van der Waals surface area contributed by atoms with E-state index in [1.165, 1.54) is 0 Å². The molecule has 130 valence electrons. The van der Waals surface area contributed by atoms with Crippen LogP contribution in [0.2, 0.25) is 0 Å². The molecule has 0 saturated carbocycles. The second kappa shape index (κ2) is 6.38. The van der Waals surface area contributed by atoms with Gasteiger partial charge in [0.25, 0.3) is 0 Å². The first-order chi connectivity index (χ1) is 10.5. The molecule has 1 aliphatic heterocycles. The van der Waals surface area contributed by atoms with Crippen molar-refractivity contribution in [3.63, 3.8) is 0 Å². The van der Waals surface area contributed by atoms with Crippen LogP contribution in [0, 0.1) is 5.41 Å². The first-order valence-corrected chi connectivity index (χ1v) is 9.18. The zero-order chi connectivity index (χ0) is 17.4. The van der Waals surface area contributed by atoms with Crippen molar-refractivity contribution >= 4 is 22.4 Å². The number of rotatable bonds is 2. The van der Waals surface area contributed by atoms with Crippen molar-refractivity contribution in [3.05, 3.63) is 5.01 Å². The molecule has 23 heavy (non-hydrogen) atoms. The highest BCUT2D eigenvalue weighted by Crippen LogP contribution is 2.31. The van der Waals surface area contributed by atoms with Crippen molar-refractivity contribution in [2.75, 3.05) is 25.0 Å². The third-order valence-electron chi connectivity index (χ3n) is 4.30. The zero-order valence-corrected chi connectivity index (χ0v) is 16.3. The lowest BCUT2D eigenvalue weighted by molar-refractivity contribution is -0.140. The van der Waals surface area contributed by atoms with E-state index in [-0.39, 0.29) is 16.7 Å². The average Bonchev–Trinajstić information content (AvgIpc) is 2.95. The van der Waals surface area contributed by atoms with Crippen LogP contribution in [0.3, 0.4) is 0 Å². The molecule has 1 aromatic heterocycles. The van der Waals surface area contributed by atoms with Gasteiger partial charge >= 0.3 is 0 Å². The largest absolute Gasteiger partial charge is 0.347 e. The maximum absolute atomic E-state index is 12.4. The minimum absolute atomic E-state index is 0.0492. The number of aromatic nitrogens is 2. The number of carbonyl (C=O) groups is 1. The van der Waals surface area contributed by atoms with Crippen molar-refractivity contribution in [1.29, 1.82) is 0 Å². The fraction of sp³-hybridized carbons (Fsp3) is 0.824. The molecule has 1 fully saturated rings. The van der Waals surface area contributed by atoms with Crippen LogP contribution in [0.1, 0.15) is 59.4 Å². The molecule has 0 bridgehead atoms. The third kappa shape index (κ3) is 4.22. The highest BCUT2D eigenvalue weighted by Gasteiger charge is 2.32. The Bertz CT molecular complexity index is 548. The van der Waals surface area contributed by atoms with Crippen LogP contribution in [0.15, 0.2) is 0 Å². The number of anilines is 1. The molecule has 1 aromatic rings. The molecule has 1 aliphatic rings. The summed E-state index contributed by atoms with van der Waals surface area (Å²) in [5, 5.41) is 10.8. The second-order valence-corrected chi connectivity index (χ2v) is 9.48. The molecule has 2 rings (SSSR count). The molecule has 2 heterocycles. The van der Waals surface area contributed by atoms with Crippen LogP contribution in [-0.2, 0) is 10.2 Å². The van der Waals surface area contributed by atoms with E-state index in [4.69, 9.17) is 0 Å². The molecule has 0 N–H and O–H groups in total. The smallest absolute Gasteiger partial charge is 0.227 e. The van der Waals surface area contributed by atoms with Gasteiger partial charge in [0.05, 0.1) is 0 Å². The lowest BCUT2D eigenvalue weighted by Crippen LogP contribution is -2.48. The standard InChI is InChI=1S/C17H30N4OS/c1-16(2,3)13-18-19-15(23-13)21-10-8-12(9-11-21)20(7)14(22)17(4,5)6/h12H,8-11H2,1-7H3. The number of piperidine rings is 1. The van der Waals surface area contributed by atoms with Gasteiger partial charge in [-0.2, -0.15) is 0 Å². The molecular formula is C17H30N4OS. The van der Waals surface area contributed by atoms with Gasteiger partial charge in [0.1, 0.15) is 5.01 Å². The van der Waals surface area contributed by atoms with Crippen LogP contribution in [0.4, 0.5) is 5.13 Å². The molecule has 6 heteroatoms. The van der Waals surface area contributed by atoms with E-state index < -0.39 is 0 Å². The Hall–Kier alpha value is -1.17. The second-order valence-electron chi connectivity index (χ2n) is 8.52. The SMILES string of the molecule is CN(C(=O)C(C)(C)C)C1CCN(c2nnc(C(C)(C)C)s2)CC1. The summed E-state index contributed by atoms with van der Waals surface area (Å²) < 4.78 is 0. The Morgan fingerprint density at radius 1 is 1.13 bits per heavy atom. The summed E-state index contributed by atoms with van der Waals surface area (Å²) in [5.74, 6) is 0.224. The molecule has 0 atom stereocenters. The van der Waals surface area contributed by atoms with Gasteiger partial charge in [0, 0.05) is 37.0 Å². The number of carbonyl (C=O) groups excluding carboxylic acids is 1. The molecule has 1 amide bonds. The summed E-state index contributed by atoms with van der Waals surface area (Å²) >= 11 is 1.69. The van der Waals surface area contributed by atoms with Crippen LogP contribution in [0.5, 0.6) is 0 Å². The number of hydrogen-bond acceptors (Lipinski definition) is 5. The van der Waals surface area contributed by atoms with Crippen LogP contribution in [-0.4, -0.2) is 47.2 Å². The van der Waals surface area contributed by atoms with Crippen LogP contribution < -0.4 is 4.90 Å². The summed E-state index contributed by atoms with van der Waals surface area (Å²) in [6.45, 7) is 14.3. The van der Waals surface area contributed by atoms with Gasteiger partial charge in [0.15, 0.2) is 0 Å². The number of nitrogens with zero attached hydrogens (tertiary/aromatic N) is 4. The molecule has 1 saturated heterocycles. The van der Waals surface area contributed by atoms with Gasteiger partial charge in [-0.05, 0) is 12.8 Å². The molecule has 0 unspecified atom stereocenters. The van der Waals surface area contributed by atoms with Gasteiger partial charge < -0.3 is 9.80 Å². The Labute approximate surface area is 144 Å². The van der Waals surface area contributed by atoms with Gasteiger partial charge in [-0.1, -0.05) is 52.9 Å². The third-order valence-corrected chi connectivity index (χ3v) is 5.71. The Balaban J connectivity index is 1.96. The lowest BCUT2D eigenvalue weighted by atomic mass is 9.93. The van der Waals surface area contributed by atoms with Crippen LogP contribution in [0.25, 0.3) is 0 Å². The van der Waals surface area contributed by atoms with Crippen LogP contribution >= 0.6 is 11.3 Å². The minimum atomic E-state index is -0.313. The summed E-state index contributed by atoms with van der Waals surface area (Å²) in [5.41, 5.74) is -0.264. The van der Waals surface area contributed by atoms with Gasteiger partial charge in [-0.3, -0.25) is 4.79 Å².